The van der Waals surface area contributed by atoms with Crippen LogP contribution in [0.15, 0.2) is 24.8 Å². The first-order chi connectivity index (χ1) is 8.26. The van der Waals surface area contributed by atoms with Crippen LogP contribution in [0, 0.1) is 0 Å². The zero-order valence-electron chi connectivity index (χ0n) is 10.6. The molecule has 0 radical (unpaired) electrons. The lowest BCUT2D eigenvalue weighted by Crippen LogP contribution is -2.14. The summed E-state index contributed by atoms with van der Waals surface area (Å²) in [6, 6.07) is 3.68. The van der Waals surface area contributed by atoms with Crippen molar-refractivity contribution in [3.63, 3.8) is 0 Å². The van der Waals surface area contributed by atoms with Crippen molar-refractivity contribution < 1.29 is 14.2 Å². The summed E-state index contributed by atoms with van der Waals surface area (Å²) in [5.41, 5.74) is 0.970. The molecule has 0 amide bonds. The van der Waals surface area contributed by atoms with E-state index in [1.807, 2.05) is 18.2 Å². The highest BCUT2D eigenvalue weighted by molar-refractivity contribution is 5.50. The fraction of sp³-hybridized carbons (Fsp3) is 0.385. The Hall–Kier alpha value is -1.68. The molecule has 0 aromatic heterocycles. The van der Waals surface area contributed by atoms with Crippen LogP contribution in [0.4, 0.5) is 0 Å². The van der Waals surface area contributed by atoms with Crippen molar-refractivity contribution in [2.75, 3.05) is 27.9 Å². The molecule has 4 nitrogen and oxygen atoms in total. The standard InChI is InChI=1S/C13H19NO3/c1-5-6-14-9-11-12(16-3)7-10(15-2)8-13(11)17-4/h5,7-8,14H,1,6,9H2,2-4H3. The average molecular weight is 237 g/mol. The van der Waals surface area contributed by atoms with Gasteiger partial charge < -0.3 is 19.5 Å². The van der Waals surface area contributed by atoms with Gasteiger partial charge in [0, 0.05) is 25.2 Å². The van der Waals surface area contributed by atoms with Crippen LogP contribution in [0.3, 0.4) is 0 Å². The molecule has 0 atom stereocenters. The summed E-state index contributed by atoms with van der Waals surface area (Å²) < 4.78 is 15.9. The summed E-state index contributed by atoms with van der Waals surface area (Å²) in [5.74, 6) is 2.21. The van der Waals surface area contributed by atoms with E-state index in [0.717, 1.165) is 23.6 Å². The fourth-order valence-corrected chi connectivity index (χ4v) is 1.55. The second-order valence-corrected chi connectivity index (χ2v) is 3.43. The van der Waals surface area contributed by atoms with Gasteiger partial charge in [0.15, 0.2) is 0 Å². The number of ether oxygens (including phenoxy) is 3. The first-order valence-electron chi connectivity index (χ1n) is 5.37. The molecule has 0 saturated heterocycles. The fourth-order valence-electron chi connectivity index (χ4n) is 1.55. The van der Waals surface area contributed by atoms with E-state index in [-0.39, 0.29) is 0 Å². The van der Waals surface area contributed by atoms with E-state index >= 15 is 0 Å². The molecule has 1 aromatic rings. The predicted molar refractivity (Wildman–Crippen MR) is 68.0 cm³/mol. The molecule has 1 N–H and O–H groups in total. The molecule has 0 aliphatic rings. The third-order valence-electron chi connectivity index (χ3n) is 2.41. The van der Waals surface area contributed by atoms with Crippen molar-refractivity contribution >= 4 is 0 Å². The zero-order valence-corrected chi connectivity index (χ0v) is 10.6. The Morgan fingerprint density at radius 3 is 2.12 bits per heavy atom. The highest BCUT2D eigenvalue weighted by Gasteiger charge is 2.12. The molecule has 0 fully saturated rings. The van der Waals surface area contributed by atoms with Crippen LogP contribution in [-0.2, 0) is 6.54 Å². The number of nitrogens with one attached hydrogen (secondary N) is 1. The molecule has 0 spiro atoms. The van der Waals surface area contributed by atoms with E-state index in [2.05, 4.69) is 11.9 Å². The van der Waals surface area contributed by atoms with Gasteiger partial charge in [-0.05, 0) is 0 Å². The minimum Gasteiger partial charge on any atom is -0.496 e. The molecule has 0 heterocycles. The van der Waals surface area contributed by atoms with Gasteiger partial charge in [-0.1, -0.05) is 6.08 Å². The lowest BCUT2D eigenvalue weighted by molar-refractivity contribution is 0.367. The van der Waals surface area contributed by atoms with Crippen LogP contribution in [0.5, 0.6) is 17.2 Å². The van der Waals surface area contributed by atoms with Gasteiger partial charge >= 0.3 is 0 Å². The number of hydrogen-bond donors (Lipinski definition) is 1. The van der Waals surface area contributed by atoms with Gasteiger partial charge in [0.25, 0.3) is 0 Å². The maximum absolute atomic E-state index is 5.34. The summed E-state index contributed by atoms with van der Waals surface area (Å²) >= 11 is 0. The molecule has 94 valence electrons. The van der Waals surface area contributed by atoms with Crippen LogP contribution >= 0.6 is 0 Å². The van der Waals surface area contributed by atoms with Gasteiger partial charge in [0.1, 0.15) is 17.2 Å². The molecule has 17 heavy (non-hydrogen) atoms. The Labute approximate surface area is 102 Å². The van der Waals surface area contributed by atoms with E-state index < -0.39 is 0 Å². The topological polar surface area (TPSA) is 39.7 Å². The second-order valence-electron chi connectivity index (χ2n) is 3.43. The van der Waals surface area contributed by atoms with Crippen molar-refractivity contribution in [3.8, 4) is 17.2 Å². The van der Waals surface area contributed by atoms with Crippen LogP contribution in [0.2, 0.25) is 0 Å². The van der Waals surface area contributed by atoms with Gasteiger partial charge in [-0.15, -0.1) is 6.58 Å². The number of hydrogen-bond acceptors (Lipinski definition) is 4. The van der Waals surface area contributed by atoms with E-state index in [1.54, 1.807) is 21.3 Å². The van der Waals surface area contributed by atoms with E-state index in [1.165, 1.54) is 0 Å². The summed E-state index contributed by atoms with van der Waals surface area (Å²) in [4.78, 5) is 0. The summed E-state index contributed by atoms with van der Waals surface area (Å²) in [7, 11) is 4.88. The summed E-state index contributed by atoms with van der Waals surface area (Å²) in [5, 5.41) is 3.22. The van der Waals surface area contributed by atoms with Crippen LogP contribution < -0.4 is 19.5 Å². The highest BCUT2D eigenvalue weighted by Crippen LogP contribution is 2.33. The molecule has 4 heteroatoms. The Morgan fingerprint density at radius 1 is 1.12 bits per heavy atom. The molecule has 0 aliphatic carbocycles. The molecule has 0 bridgehead atoms. The first-order valence-corrected chi connectivity index (χ1v) is 5.37. The summed E-state index contributed by atoms with van der Waals surface area (Å²) in [6.07, 6.45) is 1.81. The maximum atomic E-state index is 5.34. The highest BCUT2D eigenvalue weighted by atomic mass is 16.5. The number of benzene rings is 1. The Kier molecular flexibility index (Phi) is 5.36. The SMILES string of the molecule is C=CCNCc1c(OC)cc(OC)cc1OC. The third-order valence-corrected chi connectivity index (χ3v) is 2.41. The van der Waals surface area contributed by atoms with Gasteiger partial charge in [0.05, 0.1) is 26.9 Å². The normalized spacial score (nSPS) is 9.82. The molecule has 0 unspecified atom stereocenters. The monoisotopic (exact) mass is 237 g/mol. The zero-order chi connectivity index (χ0) is 12.7. The molecule has 1 aromatic carbocycles. The van der Waals surface area contributed by atoms with Crippen molar-refractivity contribution in [3.05, 3.63) is 30.4 Å². The van der Waals surface area contributed by atoms with E-state index in [0.29, 0.717) is 12.3 Å². The Balaban J connectivity index is 3.01. The molecule has 0 saturated carbocycles. The van der Waals surface area contributed by atoms with Crippen LogP contribution in [0.1, 0.15) is 5.56 Å². The molecule has 0 aliphatic heterocycles. The van der Waals surface area contributed by atoms with E-state index in [4.69, 9.17) is 14.2 Å². The van der Waals surface area contributed by atoms with Gasteiger partial charge in [0.2, 0.25) is 0 Å². The third kappa shape index (κ3) is 3.39. The van der Waals surface area contributed by atoms with E-state index in [9.17, 15) is 0 Å². The maximum Gasteiger partial charge on any atom is 0.130 e. The van der Waals surface area contributed by atoms with Crippen LogP contribution in [0.25, 0.3) is 0 Å². The first kappa shape index (κ1) is 13.4. The smallest absolute Gasteiger partial charge is 0.130 e. The van der Waals surface area contributed by atoms with Crippen LogP contribution in [-0.4, -0.2) is 27.9 Å². The Morgan fingerprint density at radius 2 is 1.71 bits per heavy atom. The lowest BCUT2D eigenvalue weighted by Gasteiger charge is -2.15. The Bertz CT molecular complexity index is 352. The van der Waals surface area contributed by atoms with Gasteiger partial charge in [-0.3, -0.25) is 0 Å². The molecular weight excluding hydrogens is 218 g/mol. The quantitative estimate of drug-likeness (QED) is 0.581. The number of methoxy groups -OCH3 is 3. The predicted octanol–water partition coefficient (Wildman–Crippen LogP) is 1.99. The second kappa shape index (κ2) is 6.81. The minimum absolute atomic E-state index is 0.655. The van der Waals surface area contributed by atoms with Gasteiger partial charge in [-0.2, -0.15) is 0 Å². The lowest BCUT2D eigenvalue weighted by atomic mass is 10.1. The molecular formula is C13H19NO3. The van der Waals surface area contributed by atoms with Crippen molar-refractivity contribution in [2.24, 2.45) is 0 Å². The average Bonchev–Trinajstić information content (AvgIpc) is 2.38. The van der Waals surface area contributed by atoms with Gasteiger partial charge in [-0.25, -0.2) is 0 Å². The van der Waals surface area contributed by atoms with Crippen molar-refractivity contribution in [1.82, 2.24) is 5.32 Å². The minimum atomic E-state index is 0.655. The number of rotatable bonds is 7. The largest absolute Gasteiger partial charge is 0.496 e. The molecule has 1 rings (SSSR count). The summed E-state index contributed by atoms with van der Waals surface area (Å²) in [6.45, 7) is 5.05. The van der Waals surface area contributed by atoms with Crippen molar-refractivity contribution in [2.45, 2.75) is 6.54 Å². The van der Waals surface area contributed by atoms with Crippen molar-refractivity contribution in [1.29, 1.82) is 0 Å².